The first-order valence-electron chi connectivity index (χ1n) is 7.52. The minimum atomic E-state index is 0.632. The monoisotopic (exact) mass is 262 g/mol. The van der Waals surface area contributed by atoms with Gasteiger partial charge in [0.2, 0.25) is 0 Å². The van der Waals surface area contributed by atoms with E-state index >= 15 is 0 Å². The van der Waals surface area contributed by atoms with Gasteiger partial charge >= 0.3 is 0 Å². The molecular weight excluding hydrogens is 232 g/mol. The van der Waals surface area contributed by atoms with Gasteiger partial charge in [-0.2, -0.15) is 0 Å². The van der Waals surface area contributed by atoms with Gasteiger partial charge < -0.3 is 5.32 Å². The van der Waals surface area contributed by atoms with E-state index in [0.29, 0.717) is 6.04 Å². The summed E-state index contributed by atoms with van der Waals surface area (Å²) in [4.78, 5) is 2.46. The van der Waals surface area contributed by atoms with Gasteiger partial charge in [-0.3, -0.25) is 4.90 Å². The highest BCUT2D eigenvalue weighted by atomic mass is 15.1. The van der Waals surface area contributed by atoms with Crippen molar-refractivity contribution in [2.45, 2.75) is 53.2 Å². The van der Waals surface area contributed by atoms with Crippen molar-refractivity contribution in [3.8, 4) is 0 Å². The van der Waals surface area contributed by atoms with E-state index in [0.717, 1.165) is 25.6 Å². The van der Waals surface area contributed by atoms with E-state index in [2.05, 4.69) is 69.2 Å². The summed E-state index contributed by atoms with van der Waals surface area (Å²) in [5.74, 6) is 0.759. The molecule has 2 heteroatoms. The van der Waals surface area contributed by atoms with Gasteiger partial charge in [0.15, 0.2) is 0 Å². The molecule has 1 atom stereocenters. The summed E-state index contributed by atoms with van der Waals surface area (Å²) >= 11 is 0. The Hall–Kier alpha value is -0.860. The summed E-state index contributed by atoms with van der Waals surface area (Å²) in [6.45, 7) is 12.1. The van der Waals surface area contributed by atoms with Crippen molar-refractivity contribution in [1.82, 2.24) is 10.2 Å². The molecule has 0 bridgehead atoms. The van der Waals surface area contributed by atoms with Crippen LogP contribution < -0.4 is 5.32 Å². The highest BCUT2D eigenvalue weighted by Crippen LogP contribution is 2.15. The van der Waals surface area contributed by atoms with Crippen LogP contribution in [0.4, 0.5) is 0 Å². The van der Waals surface area contributed by atoms with Crippen LogP contribution in [-0.4, -0.2) is 24.5 Å². The molecule has 0 aliphatic carbocycles. The Balaban J connectivity index is 2.64. The number of rotatable bonds is 8. The van der Waals surface area contributed by atoms with Gasteiger partial charge in [-0.05, 0) is 44.0 Å². The zero-order chi connectivity index (χ0) is 14.3. The second-order valence-corrected chi connectivity index (χ2v) is 5.94. The molecule has 0 heterocycles. The van der Waals surface area contributed by atoms with Crippen LogP contribution in [0.5, 0.6) is 0 Å². The predicted molar refractivity (Wildman–Crippen MR) is 84.2 cm³/mol. The molecular formula is C17H30N2. The molecule has 108 valence electrons. The largest absolute Gasteiger partial charge is 0.313 e. The fraction of sp³-hybridized carbons (Fsp3) is 0.647. The molecule has 1 rings (SSSR count). The quantitative estimate of drug-likeness (QED) is 0.769. The highest BCUT2D eigenvalue weighted by molar-refractivity contribution is 5.27. The molecule has 0 radical (unpaired) electrons. The molecule has 0 fully saturated rings. The fourth-order valence-corrected chi connectivity index (χ4v) is 2.43. The van der Waals surface area contributed by atoms with Gasteiger partial charge in [0.05, 0.1) is 0 Å². The van der Waals surface area contributed by atoms with E-state index in [-0.39, 0.29) is 0 Å². The maximum atomic E-state index is 3.42. The second kappa shape index (κ2) is 8.34. The summed E-state index contributed by atoms with van der Waals surface area (Å²) in [7, 11) is 2.23. The van der Waals surface area contributed by atoms with Crippen LogP contribution in [0, 0.1) is 5.92 Å². The Bertz CT molecular complexity index is 360. The van der Waals surface area contributed by atoms with Crippen molar-refractivity contribution in [1.29, 1.82) is 0 Å². The minimum Gasteiger partial charge on any atom is -0.313 e. The minimum absolute atomic E-state index is 0.632. The smallest absolute Gasteiger partial charge is 0.0236 e. The van der Waals surface area contributed by atoms with E-state index in [1.165, 1.54) is 17.5 Å². The standard InChI is InChI=1S/C17H30N2/c1-6-18-12-16-9-7-8-10-17(16)13-19(5)15(4)11-14(2)3/h7-10,14-15,18H,6,11-13H2,1-5H3. The zero-order valence-electron chi connectivity index (χ0n) is 13.2. The molecule has 1 aromatic carbocycles. The number of hydrogen-bond acceptors (Lipinski definition) is 2. The Kier molecular flexibility index (Phi) is 7.11. The first kappa shape index (κ1) is 16.2. The summed E-state index contributed by atoms with van der Waals surface area (Å²) in [6.07, 6.45) is 1.26. The van der Waals surface area contributed by atoms with E-state index in [4.69, 9.17) is 0 Å². The van der Waals surface area contributed by atoms with Crippen LogP contribution in [0.1, 0.15) is 45.2 Å². The SMILES string of the molecule is CCNCc1ccccc1CN(C)C(C)CC(C)C. The van der Waals surface area contributed by atoms with E-state index in [1.807, 2.05) is 0 Å². The lowest BCUT2D eigenvalue weighted by atomic mass is 10.0. The Labute approximate surface area is 119 Å². The third-order valence-corrected chi connectivity index (χ3v) is 3.67. The summed E-state index contributed by atoms with van der Waals surface area (Å²) in [5, 5.41) is 3.42. The third-order valence-electron chi connectivity index (χ3n) is 3.67. The van der Waals surface area contributed by atoms with Crippen molar-refractivity contribution in [2.75, 3.05) is 13.6 Å². The maximum Gasteiger partial charge on any atom is 0.0236 e. The van der Waals surface area contributed by atoms with Crippen LogP contribution in [0.2, 0.25) is 0 Å². The molecule has 1 N–H and O–H groups in total. The predicted octanol–water partition coefficient (Wildman–Crippen LogP) is 3.66. The zero-order valence-corrected chi connectivity index (χ0v) is 13.2. The topological polar surface area (TPSA) is 15.3 Å². The van der Waals surface area contributed by atoms with Gasteiger partial charge in [0, 0.05) is 19.1 Å². The molecule has 0 aromatic heterocycles. The van der Waals surface area contributed by atoms with Crippen LogP contribution in [0.3, 0.4) is 0 Å². The van der Waals surface area contributed by atoms with E-state index in [1.54, 1.807) is 0 Å². The first-order valence-corrected chi connectivity index (χ1v) is 7.52. The molecule has 2 nitrogen and oxygen atoms in total. The number of nitrogens with one attached hydrogen (secondary N) is 1. The van der Waals surface area contributed by atoms with Gasteiger partial charge in [0.25, 0.3) is 0 Å². The van der Waals surface area contributed by atoms with Gasteiger partial charge in [-0.25, -0.2) is 0 Å². The average molecular weight is 262 g/mol. The lowest BCUT2D eigenvalue weighted by molar-refractivity contribution is 0.220. The van der Waals surface area contributed by atoms with Crippen molar-refractivity contribution in [3.05, 3.63) is 35.4 Å². The summed E-state index contributed by atoms with van der Waals surface area (Å²) < 4.78 is 0. The highest BCUT2D eigenvalue weighted by Gasteiger charge is 2.12. The van der Waals surface area contributed by atoms with Crippen molar-refractivity contribution >= 4 is 0 Å². The Morgan fingerprint density at radius 2 is 1.74 bits per heavy atom. The lowest BCUT2D eigenvalue weighted by Gasteiger charge is -2.27. The van der Waals surface area contributed by atoms with Crippen LogP contribution >= 0.6 is 0 Å². The second-order valence-electron chi connectivity index (χ2n) is 5.94. The van der Waals surface area contributed by atoms with Gasteiger partial charge in [-0.15, -0.1) is 0 Å². The molecule has 0 saturated carbocycles. The van der Waals surface area contributed by atoms with E-state index < -0.39 is 0 Å². The molecule has 0 spiro atoms. The average Bonchev–Trinajstić information content (AvgIpc) is 2.36. The van der Waals surface area contributed by atoms with Gasteiger partial charge in [-0.1, -0.05) is 45.0 Å². The first-order chi connectivity index (χ1) is 9.04. The fourth-order valence-electron chi connectivity index (χ4n) is 2.43. The maximum absolute atomic E-state index is 3.42. The molecule has 19 heavy (non-hydrogen) atoms. The number of hydrogen-bond donors (Lipinski definition) is 1. The third kappa shape index (κ3) is 5.75. The molecule has 0 amide bonds. The van der Waals surface area contributed by atoms with Crippen LogP contribution in [-0.2, 0) is 13.1 Å². The molecule has 0 saturated heterocycles. The summed E-state index contributed by atoms with van der Waals surface area (Å²) in [6, 6.07) is 9.40. The lowest BCUT2D eigenvalue weighted by Crippen LogP contribution is -2.30. The molecule has 0 aliphatic rings. The molecule has 1 unspecified atom stereocenters. The molecule has 0 aliphatic heterocycles. The van der Waals surface area contributed by atoms with E-state index in [9.17, 15) is 0 Å². The van der Waals surface area contributed by atoms with Gasteiger partial charge in [0.1, 0.15) is 0 Å². The van der Waals surface area contributed by atoms with Crippen LogP contribution in [0.15, 0.2) is 24.3 Å². The number of benzene rings is 1. The Morgan fingerprint density at radius 1 is 1.11 bits per heavy atom. The number of nitrogens with zero attached hydrogens (tertiary/aromatic N) is 1. The van der Waals surface area contributed by atoms with Crippen LogP contribution in [0.25, 0.3) is 0 Å². The Morgan fingerprint density at radius 3 is 2.32 bits per heavy atom. The molecule has 1 aromatic rings. The summed E-state index contributed by atoms with van der Waals surface area (Å²) in [5.41, 5.74) is 2.87. The van der Waals surface area contributed by atoms with Crippen molar-refractivity contribution in [2.24, 2.45) is 5.92 Å². The van der Waals surface area contributed by atoms with Crippen molar-refractivity contribution in [3.63, 3.8) is 0 Å². The normalized spacial score (nSPS) is 13.2. The van der Waals surface area contributed by atoms with Crippen molar-refractivity contribution < 1.29 is 0 Å².